The summed E-state index contributed by atoms with van der Waals surface area (Å²) < 4.78 is 20.1. The summed E-state index contributed by atoms with van der Waals surface area (Å²) in [4.78, 5) is 57.2. The second kappa shape index (κ2) is 16.6. The smallest absolute Gasteiger partial charge is 0.324 e. The van der Waals surface area contributed by atoms with Crippen LogP contribution in [0.15, 0.2) is 35.8 Å². The molecule has 14 nitrogen and oxygen atoms in total. The number of aryl methyl sites for hydroxylation is 1. The molecule has 1 aromatic carbocycles. The second-order valence-electron chi connectivity index (χ2n) is 19.1. The minimum absolute atomic E-state index is 0.120. The number of hydrogen-bond donors (Lipinski definition) is 2. The largest absolute Gasteiger partial charge is 0.464 e. The van der Waals surface area contributed by atoms with Crippen LogP contribution in [0.5, 0.6) is 0 Å². The lowest BCUT2D eigenvalue weighted by Crippen LogP contribution is -2.60. The first kappa shape index (κ1) is 41.6. The topological polar surface area (TPSA) is 143 Å². The highest BCUT2D eigenvalue weighted by Gasteiger charge is 2.58. The highest BCUT2D eigenvalue weighted by molar-refractivity contribution is 7.10. The normalized spacial score (nSPS) is 27.1. The number of rotatable bonds is 8. The molecular formula is C47H60N8O6S. The maximum atomic E-state index is 14.3. The third-order valence-corrected chi connectivity index (χ3v) is 15.1. The number of ether oxygens (including phenoxy) is 3. The molecule has 3 aromatic heterocycles. The lowest BCUT2D eigenvalue weighted by molar-refractivity contribution is -0.155. The monoisotopic (exact) mass is 864 g/mol. The average Bonchev–Trinajstić information content (AvgIpc) is 4.11. The van der Waals surface area contributed by atoms with Crippen LogP contribution in [-0.2, 0) is 48.0 Å². The quantitative estimate of drug-likeness (QED) is 0.221. The average molecular weight is 865 g/mol. The van der Waals surface area contributed by atoms with E-state index in [2.05, 4.69) is 82.4 Å². The SMILES string of the molecule is CCn1c(-c2cc(N3CCN(C4CC4)CC3)cnc2C(C)OC)c2c3cc(ccc31)-c1csc(n1)CC(NC(=O)C1C3COCC31)C(=O)N1CCCC(N1)C(=O)OCC(C)(C)C2. The highest BCUT2D eigenvalue weighted by Crippen LogP contribution is 2.51. The Hall–Kier alpha value is -4.41. The molecule has 330 valence electrons. The van der Waals surface area contributed by atoms with Gasteiger partial charge >= 0.3 is 5.97 Å². The van der Waals surface area contributed by atoms with Gasteiger partial charge < -0.3 is 29.0 Å². The molecule has 5 atom stereocenters. The van der Waals surface area contributed by atoms with Crippen LogP contribution in [0.2, 0.25) is 0 Å². The maximum absolute atomic E-state index is 14.3. The number of cyclic esters (lactones) is 1. The van der Waals surface area contributed by atoms with Gasteiger partial charge in [-0.15, -0.1) is 11.3 Å². The Labute approximate surface area is 367 Å². The molecule has 2 amide bonds. The van der Waals surface area contributed by atoms with Crippen molar-refractivity contribution in [1.82, 2.24) is 35.2 Å². The van der Waals surface area contributed by atoms with Gasteiger partial charge in [0.05, 0.1) is 59.9 Å². The van der Waals surface area contributed by atoms with Gasteiger partial charge in [0, 0.05) is 97.6 Å². The molecule has 62 heavy (non-hydrogen) atoms. The van der Waals surface area contributed by atoms with Gasteiger partial charge in [0.15, 0.2) is 0 Å². The number of hydrogen-bond acceptors (Lipinski definition) is 12. The Kier molecular flexibility index (Phi) is 11.1. The molecule has 2 saturated carbocycles. The summed E-state index contributed by atoms with van der Waals surface area (Å²) in [7, 11) is 1.74. The first-order valence-electron chi connectivity index (χ1n) is 22.7. The van der Waals surface area contributed by atoms with E-state index in [1.165, 1.54) is 29.2 Å². The van der Waals surface area contributed by atoms with Gasteiger partial charge in [0.2, 0.25) is 5.91 Å². The number of thiazole rings is 1. The molecule has 2 aliphatic carbocycles. The zero-order valence-corrected chi connectivity index (χ0v) is 37.5. The van der Waals surface area contributed by atoms with Crippen LogP contribution in [0.3, 0.4) is 0 Å². The van der Waals surface area contributed by atoms with Crippen molar-refractivity contribution in [3.63, 3.8) is 0 Å². The molecule has 2 N–H and O–H groups in total. The van der Waals surface area contributed by atoms with E-state index in [1.807, 2.05) is 6.20 Å². The number of hydrazine groups is 1. The molecule has 0 radical (unpaired) electrons. The van der Waals surface area contributed by atoms with E-state index in [0.717, 1.165) is 94.1 Å². The number of fused-ring (bicyclic) bond motifs is 7. The predicted molar refractivity (Wildman–Crippen MR) is 237 cm³/mol. The van der Waals surface area contributed by atoms with E-state index in [0.29, 0.717) is 39.0 Å². The van der Waals surface area contributed by atoms with Crippen LogP contribution in [0.4, 0.5) is 5.69 Å². The molecule has 0 spiro atoms. The van der Waals surface area contributed by atoms with Crippen molar-refractivity contribution in [3.8, 4) is 22.5 Å². The van der Waals surface area contributed by atoms with Crippen molar-refractivity contribution in [2.75, 3.05) is 64.6 Å². The molecule has 4 aromatic rings. The Balaban J connectivity index is 1.06. The Bertz CT molecular complexity index is 2360. The van der Waals surface area contributed by atoms with Crippen molar-refractivity contribution in [2.24, 2.45) is 23.2 Å². The molecule has 10 rings (SSSR count). The highest BCUT2D eigenvalue weighted by atomic mass is 32.1. The fourth-order valence-electron chi connectivity index (χ4n) is 10.5. The molecular weight excluding hydrogens is 805 g/mol. The maximum Gasteiger partial charge on any atom is 0.324 e. The number of carbonyl (C=O) groups is 3. The number of nitrogens with zero attached hydrogens (tertiary/aromatic N) is 6. The van der Waals surface area contributed by atoms with Crippen molar-refractivity contribution in [1.29, 1.82) is 0 Å². The summed E-state index contributed by atoms with van der Waals surface area (Å²) in [6, 6.07) is 8.11. The van der Waals surface area contributed by atoms with Gasteiger partial charge in [-0.3, -0.25) is 29.3 Å². The lowest BCUT2D eigenvalue weighted by Gasteiger charge is -2.36. The number of benzene rings is 1. The third kappa shape index (κ3) is 7.92. The first-order chi connectivity index (χ1) is 30.0. The van der Waals surface area contributed by atoms with Crippen LogP contribution in [0, 0.1) is 23.2 Å². The Morgan fingerprint density at radius 2 is 1.87 bits per heavy atom. The lowest BCUT2D eigenvalue weighted by atomic mass is 9.84. The summed E-state index contributed by atoms with van der Waals surface area (Å²) in [6.45, 7) is 15.1. The Morgan fingerprint density at radius 3 is 2.61 bits per heavy atom. The first-order valence-corrected chi connectivity index (χ1v) is 23.6. The van der Waals surface area contributed by atoms with E-state index < -0.39 is 17.5 Å². The molecule has 3 saturated heterocycles. The summed E-state index contributed by atoms with van der Waals surface area (Å²) in [5.41, 5.74) is 10.9. The summed E-state index contributed by atoms with van der Waals surface area (Å²) in [6.07, 6.45) is 6.42. The number of anilines is 1. The fraction of sp³-hybridized carbons (Fsp3) is 0.596. The second-order valence-corrected chi connectivity index (χ2v) is 20.0. The van der Waals surface area contributed by atoms with Crippen LogP contribution >= 0.6 is 11.3 Å². The minimum atomic E-state index is -0.853. The van der Waals surface area contributed by atoms with E-state index in [9.17, 15) is 14.4 Å². The zero-order valence-electron chi connectivity index (χ0n) is 36.7. The van der Waals surface area contributed by atoms with Crippen molar-refractivity contribution >= 4 is 45.7 Å². The fourth-order valence-corrected chi connectivity index (χ4v) is 11.3. The van der Waals surface area contributed by atoms with E-state index >= 15 is 0 Å². The molecule has 5 unspecified atom stereocenters. The number of amides is 2. The van der Waals surface area contributed by atoms with Gasteiger partial charge in [-0.1, -0.05) is 19.9 Å². The molecule has 6 aliphatic rings. The van der Waals surface area contributed by atoms with Gasteiger partial charge in [-0.2, -0.15) is 0 Å². The predicted octanol–water partition coefficient (Wildman–Crippen LogP) is 5.38. The summed E-state index contributed by atoms with van der Waals surface area (Å²) in [5.74, 6) is -0.521. The van der Waals surface area contributed by atoms with Crippen LogP contribution in [0.1, 0.15) is 75.7 Å². The number of aromatic nitrogens is 3. The summed E-state index contributed by atoms with van der Waals surface area (Å²) >= 11 is 1.49. The van der Waals surface area contributed by atoms with Crippen LogP contribution in [0.25, 0.3) is 33.4 Å². The van der Waals surface area contributed by atoms with Crippen molar-refractivity contribution in [2.45, 2.75) is 97.0 Å². The molecule has 15 heteroatoms. The van der Waals surface area contributed by atoms with Gasteiger partial charge in [-0.05, 0) is 81.5 Å². The van der Waals surface area contributed by atoms with Crippen molar-refractivity contribution < 1.29 is 28.6 Å². The molecule has 4 aliphatic heterocycles. The van der Waals surface area contributed by atoms with Crippen LogP contribution in [-0.4, -0.2) is 120 Å². The van der Waals surface area contributed by atoms with E-state index in [4.69, 9.17) is 24.2 Å². The number of methoxy groups -OCH3 is 1. The minimum Gasteiger partial charge on any atom is -0.464 e. The van der Waals surface area contributed by atoms with Crippen molar-refractivity contribution in [3.05, 3.63) is 52.1 Å². The van der Waals surface area contributed by atoms with Crippen LogP contribution < -0.4 is 15.6 Å². The number of pyridine rings is 1. The third-order valence-electron chi connectivity index (χ3n) is 14.2. The van der Waals surface area contributed by atoms with E-state index in [-0.39, 0.29) is 54.7 Å². The van der Waals surface area contributed by atoms with Gasteiger partial charge in [0.1, 0.15) is 12.1 Å². The Morgan fingerprint density at radius 1 is 1.08 bits per heavy atom. The number of nitrogens with one attached hydrogen (secondary N) is 2. The van der Waals surface area contributed by atoms with Gasteiger partial charge in [0.25, 0.3) is 5.91 Å². The zero-order chi connectivity index (χ0) is 42.9. The number of carbonyl (C=O) groups excluding carboxylic acids is 3. The van der Waals surface area contributed by atoms with E-state index in [1.54, 1.807) is 7.11 Å². The standard InChI is InChI=1S/C47H60N8O6S/c1-6-54-39-12-9-28-18-31(39)33(43(54)32-19-30(22-48-42(32)27(2)59-5)53-16-14-52(15-17-53)29-10-11-29)21-47(3,4)26-61-46(58)36-8-7-13-55(51-36)45(57)37(20-40-49-38(28)25-62-40)50-44(56)41-34-23-60-24-35(34)41/h9,12,18-19,22,25,27,29,34-37,41,51H,6-8,10-11,13-17,20-21,23-24,26H2,1-5H3,(H,50,56). The molecule has 7 heterocycles. The summed E-state index contributed by atoms with van der Waals surface area (Å²) in [5, 5.41) is 8.52. The molecule has 5 fully saturated rings. The number of esters is 1. The number of piperazine rings is 1. The molecule has 6 bridgehead atoms. The van der Waals surface area contributed by atoms with Gasteiger partial charge in [-0.25, -0.2) is 10.4 Å².